The largest absolute Gasteiger partial charge is 0.322 e. The molecule has 0 bridgehead atoms. The number of carbonyl (C=O) groups excluding carboxylic acids is 1. The van der Waals surface area contributed by atoms with Gasteiger partial charge in [-0.05, 0) is 31.7 Å². The highest BCUT2D eigenvalue weighted by molar-refractivity contribution is 6.03. The molecule has 1 unspecified atom stereocenters. The van der Waals surface area contributed by atoms with E-state index in [0.717, 1.165) is 5.69 Å². The molecule has 5 nitrogen and oxygen atoms in total. The van der Waals surface area contributed by atoms with E-state index in [1.54, 1.807) is 24.1 Å². The molecule has 1 atom stereocenters. The van der Waals surface area contributed by atoms with Gasteiger partial charge in [0.15, 0.2) is 0 Å². The molecule has 0 radical (unpaired) electrons. The van der Waals surface area contributed by atoms with Crippen molar-refractivity contribution in [3.8, 4) is 0 Å². The molecule has 1 aromatic heterocycles. The maximum absolute atomic E-state index is 11.9. The molecule has 0 saturated heterocycles. The third-order valence-corrected chi connectivity index (χ3v) is 3.07. The quantitative estimate of drug-likeness (QED) is 0.881. The first-order chi connectivity index (χ1) is 9.10. The Labute approximate surface area is 112 Å². The molecule has 100 valence electrons. The number of carbonyl (C=O) groups is 1. The van der Waals surface area contributed by atoms with Crippen LogP contribution in [-0.4, -0.2) is 22.7 Å². The molecule has 0 aliphatic heterocycles. The summed E-state index contributed by atoms with van der Waals surface area (Å²) in [7, 11) is 3.70. The maximum atomic E-state index is 11.9. The Morgan fingerprint density at radius 3 is 2.53 bits per heavy atom. The average molecular weight is 258 g/mol. The Balaban J connectivity index is 2.05. The predicted molar refractivity (Wildman–Crippen MR) is 75.1 cm³/mol. The summed E-state index contributed by atoms with van der Waals surface area (Å²) in [6, 6.07) is 8.10. The lowest BCUT2D eigenvalue weighted by Crippen LogP contribution is -2.13. The standard InChI is InChI=1S/C14H18N4O/c1-10(15-2)11-4-6-13(7-5-11)17-14(19)12-8-16-18(3)9-12/h4-10,15H,1-3H3,(H,17,19). The molecular weight excluding hydrogens is 240 g/mol. The van der Waals surface area contributed by atoms with Gasteiger partial charge in [-0.1, -0.05) is 12.1 Å². The maximum Gasteiger partial charge on any atom is 0.258 e. The lowest BCUT2D eigenvalue weighted by molar-refractivity contribution is 0.102. The summed E-state index contributed by atoms with van der Waals surface area (Å²) in [5.74, 6) is -0.150. The fourth-order valence-electron chi connectivity index (χ4n) is 1.76. The average Bonchev–Trinajstić information content (AvgIpc) is 2.85. The van der Waals surface area contributed by atoms with Crippen LogP contribution in [-0.2, 0) is 7.05 Å². The van der Waals surface area contributed by atoms with Crippen molar-refractivity contribution in [2.24, 2.45) is 7.05 Å². The Kier molecular flexibility index (Phi) is 3.97. The summed E-state index contributed by atoms with van der Waals surface area (Å²) in [5, 5.41) is 9.99. The molecule has 0 aliphatic rings. The van der Waals surface area contributed by atoms with Crippen LogP contribution in [0.2, 0.25) is 0 Å². The van der Waals surface area contributed by atoms with Crippen LogP contribution in [0.5, 0.6) is 0 Å². The van der Waals surface area contributed by atoms with Crippen molar-refractivity contribution in [2.75, 3.05) is 12.4 Å². The highest BCUT2D eigenvalue weighted by Crippen LogP contribution is 2.16. The number of rotatable bonds is 4. The minimum atomic E-state index is -0.150. The monoisotopic (exact) mass is 258 g/mol. The van der Waals surface area contributed by atoms with Gasteiger partial charge in [-0.2, -0.15) is 5.10 Å². The number of anilines is 1. The molecule has 2 rings (SSSR count). The van der Waals surface area contributed by atoms with Crippen molar-refractivity contribution >= 4 is 11.6 Å². The SMILES string of the molecule is CNC(C)c1ccc(NC(=O)c2cnn(C)c2)cc1. The first-order valence-electron chi connectivity index (χ1n) is 6.17. The molecule has 0 spiro atoms. The van der Waals surface area contributed by atoms with Gasteiger partial charge in [0.2, 0.25) is 0 Å². The van der Waals surface area contributed by atoms with Gasteiger partial charge < -0.3 is 10.6 Å². The number of nitrogens with zero attached hydrogens (tertiary/aromatic N) is 2. The van der Waals surface area contributed by atoms with E-state index < -0.39 is 0 Å². The van der Waals surface area contributed by atoms with Gasteiger partial charge in [0, 0.05) is 25.0 Å². The van der Waals surface area contributed by atoms with Crippen molar-refractivity contribution in [1.29, 1.82) is 0 Å². The van der Waals surface area contributed by atoms with Crippen molar-refractivity contribution in [1.82, 2.24) is 15.1 Å². The second-order valence-electron chi connectivity index (χ2n) is 4.49. The van der Waals surface area contributed by atoms with Crippen LogP contribution >= 0.6 is 0 Å². The number of aromatic nitrogens is 2. The summed E-state index contributed by atoms with van der Waals surface area (Å²) >= 11 is 0. The molecule has 0 saturated carbocycles. The van der Waals surface area contributed by atoms with E-state index in [-0.39, 0.29) is 5.91 Å². The van der Waals surface area contributed by atoms with Crippen LogP contribution in [0.15, 0.2) is 36.7 Å². The van der Waals surface area contributed by atoms with Gasteiger partial charge in [-0.3, -0.25) is 9.48 Å². The highest BCUT2D eigenvalue weighted by Gasteiger charge is 2.08. The van der Waals surface area contributed by atoms with Crippen molar-refractivity contribution < 1.29 is 4.79 Å². The van der Waals surface area contributed by atoms with E-state index in [1.165, 1.54) is 5.56 Å². The number of nitrogens with one attached hydrogen (secondary N) is 2. The molecule has 5 heteroatoms. The van der Waals surface area contributed by atoms with E-state index in [0.29, 0.717) is 11.6 Å². The van der Waals surface area contributed by atoms with E-state index in [1.807, 2.05) is 31.3 Å². The Morgan fingerprint density at radius 2 is 2.00 bits per heavy atom. The van der Waals surface area contributed by atoms with Crippen molar-refractivity contribution in [2.45, 2.75) is 13.0 Å². The Morgan fingerprint density at radius 1 is 1.32 bits per heavy atom. The fourth-order valence-corrected chi connectivity index (χ4v) is 1.76. The number of hydrogen-bond acceptors (Lipinski definition) is 3. The van der Waals surface area contributed by atoms with Crippen molar-refractivity contribution in [3.05, 3.63) is 47.8 Å². The molecule has 0 aliphatic carbocycles. The van der Waals surface area contributed by atoms with Gasteiger partial charge in [0.25, 0.3) is 5.91 Å². The van der Waals surface area contributed by atoms with Gasteiger partial charge in [0.05, 0.1) is 11.8 Å². The molecule has 1 amide bonds. The third-order valence-electron chi connectivity index (χ3n) is 3.07. The Bertz CT molecular complexity index is 559. The molecule has 2 N–H and O–H groups in total. The number of aryl methyl sites for hydroxylation is 1. The Hall–Kier alpha value is -2.14. The minimum absolute atomic E-state index is 0.150. The van der Waals surface area contributed by atoms with Crippen LogP contribution in [0.25, 0.3) is 0 Å². The molecule has 1 heterocycles. The lowest BCUT2D eigenvalue weighted by Gasteiger charge is -2.11. The van der Waals surface area contributed by atoms with Crippen LogP contribution < -0.4 is 10.6 Å². The van der Waals surface area contributed by atoms with Gasteiger partial charge in [0.1, 0.15) is 0 Å². The smallest absolute Gasteiger partial charge is 0.258 e. The molecule has 1 aromatic carbocycles. The van der Waals surface area contributed by atoms with Crippen LogP contribution in [0.4, 0.5) is 5.69 Å². The molecule has 0 fully saturated rings. The van der Waals surface area contributed by atoms with Crippen LogP contribution in [0, 0.1) is 0 Å². The lowest BCUT2D eigenvalue weighted by atomic mass is 10.1. The summed E-state index contributed by atoms with van der Waals surface area (Å²) < 4.78 is 1.60. The van der Waals surface area contributed by atoms with Crippen molar-refractivity contribution in [3.63, 3.8) is 0 Å². The zero-order valence-electron chi connectivity index (χ0n) is 11.3. The number of benzene rings is 1. The first kappa shape index (κ1) is 13.3. The summed E-state index contributed by atoms with van der Waals surface area (Å²) in [6.07, 6.45) is 3.24. The van der Waals surface area contributed by atoms with E-state index >= 15 is 0 Å². The third kappa shape index (κ3) is 3.20. The van der Waals surface area contributed by atoms with E-state index in [4.69, 9.17) is 0 Å². The highest BCUT2D eigenvalue weighted by atomic mass is 16.1. The van der Waals surface area contributed by atoms with Gasteiger partial charge in [-0.25, -0.2) is 0 Å². The zero-order valence-corrected chi connectivity index (χ0v) is 11.3. The van der Waals surface area contributed by atoms with Gasteiger partial charge in [-0.15, -0.1) is 0 Å². The van der Waals surface area contributed by atoms with Crippen LogP contribution in [0.3, 0.4) is 0 Å². The summed E-state index contributed by atoms with van der Waals surface area (Å²) in [5.41, 5.74) is 2.51. The summed E-state index contributed by atoms with van der Waals surface area (Å²) in [6.45, 7) is 2.09. The minimum Gasteiger partial charge on any atom is -0.322 e. The molecule has 2 aromatic rings. The van der Waals surface area contributed by atoms with Crippen LogP contribution in [0.1, 0.15) is 28.9 Å². The topological polar surface area (TPSA) is 58.9 Å². The second kappa shape index (κ2) is 5.67. The number of amides is 1. The van der Waals surface area contributed by atoms with E-state index in [2.05, 4.69) is 22.7 Å². The zero-order chi connectivity index (χ0) is 13.8. The first-order valence-corrected chi connectivity index (χ1v) is 6.17. The van der Waals surface area contributed by atoms with E-state index in [9.17, 15) is 4.79 Å². The summed E-state index contributed by atoms with van der Waals surface area (Å²) in [4.78, 5) is 11.9. The number of hydrogen-bond donors (Lipinski definition) is 2. The predicted octanol–water partition coefficient (Wildman–Crippen LogP) is 1.95. The van der Waals surface area contributed by atoms with Gasteiger partial charge >= 0.3 is 0 Å². The second-order valence-corrected chi connectivity index (χ2v) is 4.49. The molecular formula is C14H18N4O. The molecule has 19 heavy (non-hydrogen) atoms. The normalized spacial score (nSPS) is 12.2. The fraction of sp³-hybridized carbons (Fsp3) is 0.286.